The van der Waals surface area contributed by atoms with Crippen LogP contribution >= 0.6 is 0 Å². The molecule has 1 aliphatic heterocycles. The molecule has 0 aromatic heterocycles. The second-order valence-electron chi connectivity index (χ2n) is 1.94. The van der Waals surface area contributed by atoms with Crippen molar-refractivity contribution in [2.24, 2.45) is 0 Å². The average Bonchev–Trinajstić information content (AvgIpc) is 1.86. The van der Waals surface area contributed by atoms with Crippen molar-refractivity contribution < 1.29 is 0 Å². The summed E-state index contributed by atoms with van der Waals surface area (Å²) < 4.78 is 0. The first-order valence-electron chi connectivity index (χ1n) is 2.57. The van der Waals surface area contributed by atoms with Crippen molar-refractivity contribution in [3.63, 3.8) is 0 Å². The number of hydrogen-bond acceptors (Lipinski definition) is 0. The zero-order chi connectivity index (χ0) is 4.41. The van der Waals surface area contributed by atoms with Gasteiger partial charge in [0.1, 0.15) is 0 Å². The molecule has 6 heavy (non-hydrogen) atoms. The molecule has 0 radical (unpaired) electrons. The maximum absolute atomic E-state index is 2.88. The molecule has 0 aliphatic carbocycles. The van der Waals surface area contributed by atoms with Gasteiger partial charge < -0.3 is 0 Å². The molecular formula is C4H10SeSi. The molecule has 36 valence electrons. The van der Waals surface area contributed by atoms with Crippen molar-refractivity contribution >= 4 is 22.8 Å². The van der Waals surface area contributed by atoms with Crippen LogP contribution in [0.25, 0.3) is 0 Å². The van der Waals surface area contributed by atoms with E-state index in [1.54, 1.807) is 12.1 Å². The monoisotopic (exact) mass is 166 g/mol. The maximum atomic E-state index is 2.88. The number of rotatable bonds is 0. The Balaban J connectivity index is 2.18. The normalized spacial score (nSPS) is 25.5. The third kappa shape index (κ3) is 1.10. The Kier molecular flexibility index (Phi) is 1.75. The molecule has 1 aliphatic rings. The van der Waals surface area contributed by atoms with E-state index in [1.807, 2.05) is 0 Å². The second kappa shape index (κ2) is 2.15. The topological polar surface area (TPSA) is 0 Å². The Bertz CT molecular complexity index is 40.8. The van der Waals surface area contributed by atoms with Crippen molar-refractivity contribution in [2.45, 2.75) is 24.9 Å². The average molecular weight is 165 g/mol. The molecule has 0 N–H and O–H groups in total. The SMILES string of the molecule is [SeH][SiH]1CCCC1. The fraction of sp³-hybridized carbons (Fsp3) is 1.00. The summed E-state index contributed by atoms with van der Waals surface area (Å²) in [5.41, 5.74) is 0. The van der Waals surface area contributed by atoms with Crippen molar-refractivity contribution in [3.8, 4) is 0 Å². The third-order valence-corrected chi connectivity index (χ3v) is 6.72. The molecule has 0 bridgehead atoms. The van der Waals surface area contributed by atoms with E-state index in [9.17, 15) is 0 Å². The van der Waals surface area contributed by atoms with E-state index >= 15 is 0 Å². The fourth-order valence-corrected chi connectivity index (χ4v) is 5.01. The van der Waals surface area contributed by atoms with Gasteiger partial charge in [-0.1, -0.05) is 0 Å². The predicted octanol–water partition coefficient (Wildman–Crippen LogP) is 0.405. The van der Waals surface area contributed by atoms with Crippen LogP contribution in [0.3, 0.4) is 0 Å². The zero-order valence-electron chi connectivity index (χ0n) is 3.85. The van der Waals surface area contributed by atoms with Gasteiger partial charge in [-0.05, 0) is 0 Å². The van der Waals surface area contributed by atoms with Gasteiger partial charge in [0.25, 0.3) is 0 Å². The van der Waals surface area contributed by atoms with Gasteiger partial charge in [0.15, 0.2) is 0 Å². The Morgan fingerprint density at radius 2 is 1.67 bits per heavy atom. The van der Waals surface area contributed by atoms with Gasteiger partial charge in [-0.15, -0.1) is 0 Å². The van der Waals surface area contributed by atoms with E-state index in [4.69, 9.17) is 0 Å². The molecule has 0 amide bonds. The van der Waals surface area contributed by atoms with Crippen molar-refractivity contribution in [2.75, 3.05) is 0 Å². The van der Waals surface area contributed by atoms with Crippen molar-refractivity contribution in [3.05, 3.63) is 0 Å². The zero-order valence-corrected chi connectivity index (χ0v) is 6.88. The summed E-state index contributed by atoms with van der Waals surface area (Å²) in [5, 5.41) is 0. The molecule has 0 aromatic rings. The summed E-state index contributed by atoms with van der Waals surface area (Å²) in [6.07, 6.45) is 3.07. The van der Waals surface area contributed by atoms with E-state index in [2.05, 4.69) is 15.4 Å². The Labute approximate surface area is 48.2 Å². The molecule has 0 nitrogen and oxygen atoms in total. The van der Waals surface area contributed by atoms with Gasteiger partial charge in [0, 0.05) is 0 Å². The van der Waals surface area contributed by atoms with Gasteiger partial charge in [-0.25, -0.2) is 0 Å². The molecule has 0 atom stereocenters. The van der Waals surface area contributed by atoms with Gasteiger partial charge >= 0.3 is 47.7 Å². The first kappa shape index (κ1) is 4.88. The quantitative estimate of drug-likeness (QED) is 0.456. The van der Waals surface area contributed by atoms with Crippen molar-refractivity contribution in [1.29, 1.82) is 0 Å². The van der Waals surface area contributed by atoms with Crippen LogP contribution in [0.2, 0.25) is 12.1 Å². The molecule has 0 spiro atoms. The van der Waals surface area contributed by atoms with Crippen LogP contribution in [0.4, 0.5) is 0 Å². The fourth-order valence-electron chi connectivity index (χ4n) is 0.904. The Morgan fingerprint density at radius 3 is 1.83 bits per heavy atom. The Hall–Kier alpha value is 0.736. The van der Waals surface area contributed by atoms with Gasteiger partial charge in [0.2, 0.25) is 0 Å². The molecule has 0 saturated carbocycles. The molecule has 1 rings (SSSR count). The predicted molar refractivity (Wildman–Crippen MR) is 33.1 cm³/mol. The van der Waals surface area contributed by atoms with Crippen LogP contribution < -0.4 is 0 Å². The van der Waals surface area contributed by atoms with Crippen molar-refractivity contribution in [1.82, 2.24) is 0 Å². The minimum atomic E-state index is -0.112. The summed E-state index contributed by atoms with van der Waals surface area (Å²) in [6.45, 7) is 0. The molecule has 1 heterocycles. The van der Waals surface area contributed by atoms with E-state index in [0.29, 0.717) is 0 Å². The van der Waals surface area contributed by atoms with Gasteiger partial charge in [0.05, 0.1) is 0 Å². The summed E-state index contributed by atoms with van der Waals surface area (Å²) in [6, 6.07) is 3.19. The van der Waals surface area contributed by atoms with E-state index in [1.165, 1.54) is 12.8 Å². The van der Waals surface area contributed by atoms with E-state index in [-0.39, 0.29) is 7.40 Å². The van der Waals surface area contributed by atoms with E-state index in [0.717, 1.165) is 0 Å². The van der Waals surface area contributed by atoms with Gasteiger partial charge in [-0.2, -0.15) is 0 Å². The van der Waals surface area contributed by atoms with E-state index < -0.39 is 0 Å². The molecule has 1 fully saturated rings. The Morgan fingerprint density at radius 1 is 1.17 bits per heavy atom. The van der Waals surface area contributed by atoms with Crippen LogP contribution in [0, 0.1) is 0 Å². The van der Waals surface area contributed by atoms with Crippen LogP contribution in [0.5, 0.6) is 0 Å². The first-order valence-corrected chi connectivity index (χ1v) is 7.97. The van der Waals surface area contributed by atoms with Gasteiger partial charge in [-0.3, -0.25) is 0 Å². The third-order valence-electron chi connectivity index (χ3n) is 1.32. The standard InChI is InChI=1S/C4H10SeSi/c5-6-3-1-2-4-6/h5-6H,1-4H2. The molecule has 0 unspecified atom stereocenters. The first-order chi connectivity index (χ1) is 2.89. The summed E-state index contributed by atoms with van der Waals surface area (Å²) >= 11 is 2.88. The summed E-state index contributed by atoms with van der Waals surface area (Å²) in [4.78, 5) is 0. The summed E-state index contributed by atoms with van der Waals surface area (Å²) in [5.74, 6) is 0. The second-order valence-corrected chi connectivity index (χ2v) is 9.00. The molecule has 0 aromatic carbocycles. The molecule has 2 heteroatoms. The number of hydrogen-bond donors (Lipinski definition) is 0. The summed E-state index contributed by atoms with van der Waals surface area (Å²) in [7, 11) is -0.112. The van der Waals surface area contributed by atoms with Crippen LogP contribution in [0.15, 0.2) is 0 Å². The van der Waals surface area contributed by atoms with Crippen LogP contribution in [-0.2, 0) is 0 Å². The minimum absolute atomic E-state index is 0.112. The molecular weight excluding hydrogens is 155 g/mol. The van der Waals surface area contributed by atoms with Crippen LogP contribution in [0.1, 0.15) is 12.8 Å². The molecule has 1 saturated heterocycles. The van der Waals surface area contributed by atoms with Crippen LogP contribution in [-0.4, -0.2) is 22.8 Å².